The van der Waals surface area contributed by atoms with E-state index in [-0.39, 0.29) is 23.0 Å². The molecule has 0 aliphatic heterocycles. The molecular weight excluding hydrogens is 701 g/mol. The quantitative estimate of drug-likeness (QED) is 0.0833. The van der Waals surface area contributed by atoms with Gasteiger partial charge in [0.1, 0.15) is 11.5 Å². The molecule has 0 bridgehead atoms. The highest BCUT2D eigenvalue weighted by molar-refractivity contribution is 6.01. The zero-order valence-electron chi connectivity index (χ0n) is 33.0. The maximum atomic E-state index is 11.2. The number of hydrogen-bond acceptors (Lipinski definition) is 6. The first-order valence-corrected chi connectivity index (χ1v) is 19.5. The summed E-state index contributed by atoms with van der Waals surface area (Å²) in [5, 5.41) is 29.2. The van der Waals surface area contributed by atoms with Crippen molar-refractivity contribution in [1.29, 1.82) is 0 Å². The van der Waals surface area contributed by atoms with Crippen molar-refractivity contribution in [1.82, 2.24) is 5.32 Å². The van der Waals surface area contributed by atoms with Crippen molar-refractivity contribution in [3.8, 4) is 33.8 Å². The Morgan fingerprint density at radius 1 is 0.579 bits per heavy atom. The van der Waals surface area contributed by atoms with Crippen LogP contribution in [0, 0.1) is 5.41 Å². The Morgan fingerprint density at radius 2 is 1.05 bits per heavy atom. The summed E-state index contributed by atoms with van der Waals surface area (Å²) < 4.78 is 0. The lowest BCUT2D eigenvalue weighted by molar-refractivity contribution is 0.333. The minimum atomic E-state index is -0.175. The van der Waals surface area contributed by atoms with Crippen LogP contribution in [-0.4, -0.2) is 29.0 Å². The van der Waals surface area contributed by atoms with E-state index in [2.05, 4.69) is 127 Å². The van der Waals surface area contributed by atoms with Crippen LogP contribution in [0.2, 0.25) is 0 Å². The fourth-order valence-corrected chi connectivity index (χ4v) is 6.96. The second kappa shape index (κ2) is 17.4. The van der Waals surface area contributed by atoms with Gasteiger partial charge in [0.15, 0.2) is 0 Å². The van der Waals surface area contributed by atoms with Crippen LogP contribution in [0.15, 0.2) is 181 Å². The lowest BCUT2D eigenvalue weighted by Crippen LogP contribution is -2.33. The average Bonchev–Trinajstić information content (AvgIpc) is 3.24. The normalized spacial score (nSPS) is 12.2. The van der Waals surface area contributed by atoms with Crippen LogP contribution in [0.3, 0.4) is 0 Å². The first-order valence-electron chi connectivity index (χ1n) is 19.5. The molecule has 286 valence electrons. The topological polar surface area (TPSA) is 80.1 Å². The first kappa shape index (κ1) is 38.6. The van der Waals surface area contributed by atoms with Gasteiger partial charge in [-0.15, -0.1) is 0 Å². The minimum Gasteiger partial charge on any atom is -0.508 e. The Bertz CT molecular complexity index is 2370. The summed E-state index contributed by atoms with van der Waals surface area (Å²) in [5.74, 6) is 0.471. The Hall–Kier alpha value is -6.63. The van der Waals surface area contributed by atoms with E-state index in [0.717, 1.165) is 67.5 Å². The van der Waals surface area contributed by atoms with Gasteiger partial charge in [-0.3, -0.25) is 4.99 Å². The van der Waals surface area contributed by atoms with Crippen molar-refractivity contribution in [2.75, 3.05) is 23.3 Å². The number of aromatic hydroxyl groups is 2. The number of benzene rings is 7. The molecule has 1 unspecified atom stereocenters. The van der Waals surface area contributed by atoms with Gasteiger partial charge in [0, 0.05) is 64.4 Å². The molecule has 6 heteroatoms. The highest BCUT2D eigenvalue weighted by atomic mass is 16.3. The fraction of sp³-hybridized carbons (Fsp3) is 0.157. The van der Waals surface area contributed by atoms with Crippen molar-refractivity contribution in [2.24, 2.45) is 10.4 Å². The monoisotopic (exact) mass is 750 g/mol. The molecule has 0 radical (unpaired) electrons. The van der Waals surface area contributed by atoms with E-state index in [9.17, 15) is 10.2 Å². The number of para-hydroxylation sites is 3. The van der Waals surface area contributed by atoms with Gasteiger partial charge >= 0.3 is 0 Å². The van der Waals surface area contributed by atoms with E-state index >= 15 is 0 Å². The molecule has 6 nitrogen and oxygen atoms in total. The second-order valence-electron chi connectivity index (χ2n) is 15.3. The molecule has 0 spiro atoms. The third-order valence-electron chi connectivity index (χ3n) is 10.3. The highest BCUT2D eigenvalue weighted by Crippen LogP contribution is 2.37. The van der Waals surface area contributed by atoms with Crippen molar-refractivity contribution in [3.63, 3.8) is 0 Å². The molecule has 0 aliphatic rings. The molecule has 7 aromatic rings. The Kier molecular flexibility index (Phi) is 11.8. The molecule has 57 heavy (non-hydrogen) atoms. The molecule has 4 N–H and O–H groups in total. The SMILES string of the molecule is C/C(=N\CC(C)(C)CNC(C)c1ccc(-c2ccc(N(c3ccccc3)c3ccccc3)cc2)cc1O)c1ccc(-c2ccc(Nc3ccccc3)cc2)cc1O. The van der Waals surface area contributed by atoms with E-state index < -0.39 is 0 Å². The number of nitrogens with one attached hydrogen (secondary N) is 2. The summed E-state index contributed by atoms with van der Waals surface area (Å²) in [6, 6.07) is 59.1. The highest BCUT2D eigenvalue weighted by Gasteiger charge is 2.21. The number of rotatable bonds is 14. The molecule has 0 fully saturated rings. The lowest BCUT2D eigenvalue weighted by Gasteiger charge is -2.26. The molecule has 7 aromatic carbocycles. The van der Waals surface area contributed by atoms with Gasteiger partial charge < -0.3 is 25.7 Å². The predicted octanol–water partition coefficient (Wildman–Crippen LogP) is 12.8. The first-order chi connectivity index (χ1) is 27.6. The van der Waals surface area contributed by atoms with Gasteiger partial charge in [-0.1, -0.05) is 111 Å². The molecule has 0 heterocycles. The molecule has 0 aromatic heterocycles. The third-order valence-corrected chi connectivity index (χ3v) is 10.3. The summed E-state index contributed by atoms with van der Waals surface area (Å²) >= 11 is 0. The maximum absolute atomic E-state index is 11.2. The molecule has 0 amide bonds. The number of nitrogens with zero attached hydrogens (tertiary/aromatic N) is 2. The van der Waals surface area contributed by atoms with Crippen molar-refractivity contribution in [3.05, 3.63) is 187 Å². The molecule has 0 saturated carbocycles. The Balaban J connectivity index is 0.953. The van der Waals surface area contributed by atoms with Gasteiger partial charge in [-0.05, 0) is 120 Å². The maximum Gasteiger partial charge on any atom is 0.125 e. The van der Waals surface area contributed by atoms with Crippen LogP contribution in [0.1, 0.15) is 44.9 Å². The largest absolute Gasteiger partial charge is 0.508 e. The van der Waals surface area contributed by atoms with Crippen LogP contribution in [0.25, 0.3) is 22.3 Å². The van der Waals surface area contributed by atoms with Gasteiger partial charge in [-0.2, -0.15) is 0 Å². The van der Waals surface area contributed by atoms with Gasteiger partial charge in [-0.25, -0.2) is 0 Å². The Labute approximate surface area is 336 Å². The van der Waals surface area contributed by atoms with Crippen LogP contribution in [-0.2, 0) is 0 Å². The van der Waals surface area contributed by atoms with Crippen LogP contribution >= 0.6 is 0 Å². The zero-order chi connectivity index (χ0) is 39.8. The molecule has 0 saturated heterocycles. The van der Waals surface area contributed by atoms with E-state index in [1.165, 1.54) is 0 Å². The minimum absolute atomic E-state index is 0.0733. The van der Waals surface area contributed by atoms with Crippen molar-refractivity contribution in [2.45, 2.75) is 33.7 Å². The Morgan fingerprint density at radius 3 is 1.61 bits per heavy atom. The number of hydrogen-bond donors (Lipinski definition) is 4. The number of phenols is 2. The van der Waals surface area contributed by atoms with Crippen LogP contribution < -0.4 is 15.5 Å². The van der Waals surface area contributed by atoms with Crippen LogP contribution in [0.5, 0.6) is 11.5 Å². The molecule has 1 atom stereocenters. The number of aliphatic imine (C=N–C) groups is 1. The predicted molar refractivity (Wildman–Crippen MR) is 239 cm³/mol. The second-order valence-corrected chi connectivity index (χ2v) is 15.3. The summed E-state index contributed by atoms with van der Waals surface area (Å²) in [7, 11) is 0. The molecular formula is C51H50N4O2. The fourth-order valence-electron chi connectivity index (χ4n) is 6.96. The molecule has 0 aliphatic carbocycles. The van der Waals surface area contributed by atoms with Gasteiger partial charge in [0.05, 0.1) is 0 Å². The third kappa shape index (κ3) is 9.61. The number of phenolic OH excluding ortho intramolecular Hbond substituents is 2. The average molecular weight is 751 g/mol. The molecule has 7 rings (SSSR count). The van der Waals surface area contributed by atoms with Gasteiger partial charge in [0.2, 0.25) is 0 Å². The van der Waals surface area contributed by atoms with Crippen molar-refractivity contribution < 1.29 is 10.2 Å². The smallest absolute Gasteiger partial charge is 0.125 e. The van der Waals surface area contributed by atoms with Gasteiger partial charge in [0.25, 0.3) is 0 Å². The summed E-state index contributed by atoms with van der Waals surface area (Å²) in [6.07, 6.45) is 0. The van der Waals surface area contributed by atoms with E-state index in [0.29, 0.717) is 13.1 Å². The van der Waals surface area contributed by atoms with Crippen LogP contribution in [0.4, 0.5) is 28.4 Å². The summed E-state index contributed by atoms with van der Waals surface area (Å²) in [5.41, 5.74) is 11.4. The van der Waals surface area contributed by atoms with E-state index in [1.54, 1.807) is 6.07 Å². The summed E-state index contributed by atoms with van der Waals surface area (Å²) in [6.45, 7) is 9.62. The van der Waals surface area contributed by atoms with Crippen molar-refractivity contribution >= 4 is 34.1 Å². The number of anilines is 5. The standard InChI is InChI=1S/C51H50N4O2/c1-36(47-30-24-40(32-49(47)56)38-20-26-43(27-21-38)54-42-14-8-5-9-15-42)52-34-51(3,4)35-53-37(2)48-31-25-41(33-50(48)57)39-22-28-46(29-23-39)55(44-16-10-6-11-17-44)45-18-12-7-13-19-45/h5-33,37,53-54,56-57H,34-35H2,1-4H3/b52-36+. The zero-order valence-corrected chi connectivity index (χ0v) is 33.0. The summed E-state index contributed by atoms with van der Waals surface area (Å²) in [4.78, 5) is 7.14. The van der Waals surface area contributed by atoms with E-state index in [1.807, 2.05) is 85.8 Å². The van der Waals surface area contributed by atoms with E-state index in [4.69, 9.17) is 4.99 Å². The lowest BCUT2D eigenvalue weighted by atomic mass is 9.92.